The maximum absolute atomic E-state index is 12.8. The third-order valence-corrected chi connectivity index (χ3v) is 4.40. The Balaban J connectivity index is 1.73. The molecule has 0 unspecified atom stereocenters. The number of carbonyl (C=O) groups excluding carboxylic acids is 2. The van der Waals surface area contributed by atoms with E-state index in [1.165, 1.54) is 12.4 Å². The summed E-state index contributed by atoms with van der Waals surface area (Å²) in [7, 11) is 0. The smallest absolute Gasteiger partial charge is 0.407 e. The fourth-order valence-electron chi connectivity index (χ4n) is 3.02. The highest BCUT2D eigenvalue weighted by atomic mass is 16.6. The van der Waals surface area contributed by atoms with Crippen LogP contribution in [0.1, 0.15) is 42.5 Å². The Labute approximate surface area is 187 Å². The number of rotatable bonds is 7. The molecule has 0 radical (unpaired) electrons. The first-order valence-corrected chi connectivity index (χ1v) is 10.4. The number of nitrogens with zero attached hydrogens (tertiary/aromatic N) is 3. The molecule has 3 aromatic rings. The Bertz CT molecular complexity index is 1060. The predicted molar refractivity (Wildman–Crippen MR) is 121 cm³/mol. The van der Waals surface area contributed by atoms with E-state index in [9.17, 15) is 9.59 Å². The molecule has 2 N–H and O–H groups in total. The van der Waals surface area contributed by atoms with Crippen molar-refractivity contribution in [3.63, 3.8) is 0 Å². The molecule has 166 valence electrons. The number of carbonyl (C=O) groups is 2. The van der Waals surface area contributed by atoms with E-state index in [2.05, 4.69) is 25.6 Å². The number of ether oxygens (including phenoxy) is 1. The number of amides is 2. The van der Waals surface area contributed by atoms with Gasteiger partial charge in [-0.05, 0) is 38.5 Å². The van der Waals surface area contributed by atoms with Gasteiger partial charge in [-0.2, -0.15) is 0 Å². The first kappa shape index (κ1) is 22.9. The molecular formula is C24H27N5O3. The lowest BCUT2D eigenvalue weighted by atomic mass is 10.0. The Morgan fingerprint density at radius 2 is 1.66 bits per heavy atom. The molecule has 32 heavy (non-hydrogen) atoms. The van der Waals surface area contributed by atoms with Crippen molar-refractivity contribution in [2.24, 2.45) is 0 Å². The summed E-state index contributed by atoms with van der Waals surface area (Å²) in [5.74, 6) is -0.320. The minimum Gasteiger partial charge on any atom is -0.444 e. The largest absolute Gasteiger partial charge is 0.444 e. The first-order chi connectivity index (χ1) is 15.3. The van der Waals surface area contributed by atoms with Crippen molar-refractivity contribution in [3.8, 4) is 11.3 Å². The Hall–Kier alpha value is -3.81. The molecule has 2 heterocycles. The van der Waals surface area contributed by atoms with Gasteiger partial charge >= 0.3 is 6.09 Å². The molecule has 0 bridgehead atoms. The summed E-state index contributed by atoms with van der Waals surface area (Å²) in [6.45, 7) is 6.06. The van der Waals surface area contributed by atoms with Gasteiger partial charge in [0.05, 0.1) is 0 Å². The molecule has 0 atom stereocenters. The van der Waals surface area contributed by atoms with Gasteiger partial charge in [-0.3, -0.25) is 14.8 Å². The van der Waals surface area contributed by atoms with Gasteiger partial charge in [-0.1, -0.05) is 30.3 Å². The fraction of sp³-hybridized carbons (Fsp3) is 0.292. The van der Waals surface area contributed by atoms with Crippen molar-refractivity contribution in [2.75, 3.05) is 6.54 Å². The second kappa shape index (κ2) is 10.5. The lowest BCUT2D eigenvalue weighted by Gasteiger charge is -2.20. The molecule has 0 spiro atoms. The van der Waals surface area contributed by atoms with Gasteiger partial charge in [-0.25, -0.2) is 9.78 Å². The Morgan fingerprint density at radius 3 is 2.41 bits per heavy atom. The fourth-order valence-corrected chi connectivity index (χ4v) is 3.02. The van der Waals surface area contributed by atoms with Gasteiger partial charge in [0, 0.05) is 49.4 Å². The maximum Gasteiger partial charge on any atom is 0.407 e. The van der Waals surface area contributed by atoms with Crippen LogP contribution >= 0.6 is 0 Å². The first-order valence-electron chi connectivity index (χ1n) is 10.4. The number of benzene rings is 1. The number of alkyl carbamates (subject to hydrolysis) is 1. The van der Waals surface area contributed by atoms with Crippen LogP contribution in [0, 0.1) is 0 Å². The van der Waals surface area contributed by atoms with E-state index in [4.69, 9.17) is 4.74 Å². The summed E-state index contributed by atoms with van der Waals surface area (Å²) in [6, 6.07) is 13.1. The minimum absolute atomic E-state index is 0.221. The van der Waals surface area contributed by atoms with E-state index < -0.39 is 11.7 Å². The zero-order chi connectivity index (χ0) is 23.0. The van der Waals surface area contributed by atoms with Crippen LogP contribution in [0.2, 0.25) is 0 Å². The van der Waals surface area contributed by atoms with Gasteiger partial charge in [0.2, 0.25) is 0 Å². The van der Waals surface area contributed by atoms with E-state index in [1.54, 1.807) is 27.0 Å². The van der Waals surface area contributed by atoms with Crippen LogP contribution in [0.15, 0.2) is 61.1 Å². The maximum atomic E-state index is 12.8. The minimum atomic E-state index is -0.588. The quantitative estimate of drug-likeness (QED) is 0.590. The second-order valence-corrected chi connectivity index (χ2v) is 8.09. The molecule has 1 aromatic carbocycles. The molecule has 0 aliphatic carbocycles. The highest BCUT2D eigenvalue weighted by molar-refractivity contribution is 5.98. The molecule has 2 aromatic heterocycles. The van der Waals surface area contributed by atoms with Crippen LogP contribution < -0.4 is 10.6 Å². The van der Waals surface area contributed by atoms with Crippen LogP contribution in [0.3, 0.4) is 0 Å². The highest BCUT2D eigenvalue weighted by Crippen LogP contribution is 2.24. The lowest BCUT2D eigenvalue weighted by molar-refractivity contribution is 0.0523. The Morgan fingerprint density at radius 1 is 0.906 bits per heavy atom. The van der Waals surface area contributed by atoms with Crippen molar-refractivity contribution in [3.05, 3.63) is 78.0 Å². The van der Waals surface area contributed by atoms with Gasteiger partial charge < -0.3 is 15.4 Å². The normalized spacial score (nSPS) is 11.0. The van der Waals surface area contributed by atoms with Crippen molar-refractivity contribution in [1.82, 2.24) is 25.6 Å². The van der Waals surface area contributed by atoms with E-state index in [0.29, 0.717) is 24.2 Å². The van der Waals surface area contributed by atoms with Crippen molar-refractivity contribution in [1.29, 1.82) is 0 Å². The van der Waals surface area contributed by atoms with E-state index >= 15 is 0 Å². The molecule has 2 amide bonds. The summed E-state index contributed by atoms with van der Waals surface area (Å²) in [5.41, 5.74) is 2.48. The van der Waals surface area contributed by atoms with E-state index in [0.717, 1.165) is 11.3 Å². The molecule has 0 fully saturated rings. The van der Waals surface area contributed by atoms with Crippen LogP contribution in [-0.4, -0.2) is 39.1 Å². The van der Waals surface area contributed by atoms with Gasteiger partial charge in [-0.15, -0.1) is 0 Å². The summed E-state index contributed by atoms with van der Waals surface area (Å²) < 4.78 is 5.30. The zero-order valence-corrected chi connectivity index (χ0v) is 18.5. The third kappa shape index (κ3) is 6.60. The number of nitrogens with one attached hydrogen (secondary N) is 2. The molecule has 0 aliphatic heterocycles. The zero-order valence-electron chi connectivity index (χ0n) is 18.5. The molecule has 8 heteroatoms. The predicted octanol–water partition coefficient (Wildman–Crippen LogP) is 3.54. The Kier molecular flexibility index (Phi) is 7.49. The van der Waals surface area contributed by atoms with Crippen LogP contribution in [0.25, 0.3) is 11.3 Å². The number of aromatic nitrogens is 3. The summed E-state index contributed by atoms with van der Waals surface area (Å²) in [6.07, 6.45) is 4.84. The van der Waals surface area contributed by atoms with Crippen molar-refractivity contribution in [2.45, 2.75) is 39.3 Å². The van der Waals surface area contributed by atoms with Crippen LogP contribution in [-0.2, 0) is 17.7 Å². The number of pyridine rings is 1. The summed E-state index contributed by atoms with van der Waals surface area (Å²) in [4.78, 5) is 37.8. The average Bonchev–Trinajstić information content (AvgIpc) is 2.77. The highest BCUT2D eigenvalue weighted by Gasteiger charge is 2.19. The number of hydrogen-bond acceptors (Lipinski definition) is 6. The second-order valence-electron chi connectivity index (χ2n) is 8.09. The lowest BCUT2D eigenvalue weighted by Crippen LogP contribution is -2.32. The topological polar surface area (TPSA) is 106 Å². The molecule has 3 rings (SSSR count). The van der Waals surface area contributed by atoms with Gasteiger partial charge in [0.15, 0.2) is 5.69 Å². The summed E-state index contributed by atoms with van der Waals surface area (Å²) >= 11 is 0. The van der Waals surface area contributed by atoms with Crippen molar-refractivity contribution < 1.29 is 14.3 Å². The SMILES string of the molecule is CC(C)(C)OC(=O)NCc1ccccc1-c1nccnc1C(=O)NCCc1ccccn1. The molecule has 0 saturated carbocycles. The number of hydrogen-bond donors (Lipinski definition) is 2. The van der Waals surface area contributed by atoms with E-state index in [1.807, 2.05) is 42.5 Å². The average molecular weight is 434 g/mol. The molecule has 0 saturated heterocycles. The third-order valence-electron chi connectivity index (χ3n) is 4.40. The molecule has 8 nitrogen and oxygen atoms in total. The van der Waals surface area contributed by atoms with Gasteiger partial charge in [0.1, 0.15) is 11.3 Å². The van der Waals surface area contributed by atoms with Crippen molar-refractivity contribution >= 4 is 12.0 Å². The molecule has 0 aliphatic rings. The molecular weight excluding hydrogens is 406 g/mol. The monoisotopic (exact) mass is 433 g/mol. The van der Waals surface area contributed by atoms with Gasteiger partial charge in [0.25, 0.3) is 5.91 Å². The van der Waals surface area contributed by atoms with Crippen LogP contribution in [0.5, 0.6) is 0 Å². The standard InChI is InChI=1S/C24H27N5O3/c1-24(2,3)32-23(31)29-16-17-8-4-5-10-19(17)20-21(27-15-14-26-20)22(30)28-13-11-18-9-6-7-12-25-18/h4-10,12,14-15H,11,13,16H2,1-3H3,(H,28,30)(H,29,31). The summed E-state index contributed by atoms with van der Waals surface area (Å²) in [5, 5.41) is 5.63. The van der Waals surface area contributed by atoms with Crippen LogP contribution in [0.4, 0.5) is 4.79 Å². The van der Waals surface area contributed by atoms with E-state index in [-0.39, 0.29) is 18.1 Å².